The van der Waals surface area contributed by atoms with Crippen LogP contribution >= 0.6 is 0 Å². The summed E-state index contributed by atoms with van der Waals surface area (Å²) in [6.07, 6.45) is 0. The van der Waals surface area contributed by atoms with Gasteiger partial charge in [-0.05, 0) is 48.9 Å². The van der Waals surface area contributed by atoms with Gasteiger partial charge in [-0.1, -0.05) is 145 Å². The first-order valence-electron chi connectivity index (χ1n) is 17.6. The number of hydrogen-bond donors (Lipinski definition) is 0. The highest BCUT2D eigenvalue weighted by atomic mass is 14.8. The third-order valence-electron chi connectivity index (χ3n) is 10.2. The molecule has 0 saturated heterocycles. The lowest BCUT2D eigenvalue weighted by Gasteiger charge is -2.13. The molecule has 4 aromatic heterocycles. The van der Waals surface area contributed by atoms with Gasteiger partial charge in [-0.25, -0.2) is 19.9 Å². The molecular formula is C48H32N4. The summed E-state index contributed by atoms with van der Waals surface area (Å²) in [4.78, 5) is 20.9. The maximum Gasteiger partial charge on any atom is 0.0972 e. The van der Waals surface area contributed by atoms with Crippen LogP contribution in [0, 0.1) is 13.8 Å². The summed E-state index contributed by atoms with van der Waals surface area (Å²) in [5, 5.41) is 6.53. The van der Waals surface area contributed by atoms with Crippen LogP contribution < -0.4 is 0 Å². The number of benzene rings is 6. The third kappa shape index (κ3) is 5.07. The van der Waals surface area contributed by atoms with Crippen molar-refractivity contribution in [1.29, 1.82) is 0 Å². The van der Waals surface area contributed by atoms with E-state index >= 15 is 0 Å². The van der Waals surface area contributed by atoms with Crippen molar-refractivity contribution in [1.82, 2.24) is 19.9 Å². The molecule has 0 N–H and O–H groups in total. The standard InChI is InChI=1S/C48H32N4/c1-29-7-11-31(12-8-29)41-25-19-33-15-17-35-21-27-43(51-47(35)45(33)49-41)39-23-24-40(38-6-4-3-5-37(38)39)44-28-22-36-18-16-34-20-26-42(50-46(34)48(36)52-44)32-13-9-30(2)10-14-32/h3-28H,1-2H3. The Hall–Kier alpha value is -6.78. The molecule has 0 unspecified atom stereocenters. The smallest absolute Gasteiger partial charge is 0.0972 e. The number of aryl methyl sites for hydroxylation is 2. The molecule has 0 aliphatic heterocycles. The monoisotopic (exact) mass is 664 g/mol. The van der Waals surface area contributed by atoms with Crippen LogP contribution in [0.15, 0.2) is 158 Å². The zero-order valence-electron chi connectivity index (χ0n) is 28.8. The summed E-state index contributed by atoms with van der Waals surface area (Å²) in [5.41, 5.74) is 14.1. The zero-order chi connectivity index (χ0) is 34.8. The minimum Gasteiger partial charge on any atom is -0.245 e. The Morgan fingerprint density at radius 3 is 0.962 bits per heavy atom. The maximum absolute atomic E-state index is 5.30. The van der Waals surface area contributed by atoms with Crippen LogP contribution in [-0.2, 0) is 0 Å². The van der Waals surface area contributed by atoms with E-state index in [4.69, 9.17) is 19.9 Å². The van der Waals surface area contributed by atoms with Gasteiger partial charge < -0.3 is 0 Å². The molecule has 4 nitrogen and oxygen atoms in total. The lowest BCUT2D eigenvalue weighted by molar-refractivity contribution is 1.36. The number of aromatic nitrogens is 4. The van der Waals surface area contributed by atoms with Crippen LogP contribution in [0.3, 0.4) is 0 Å². The van der Waals surface area contributed by atoms with Crippen LogP contribution in [0.25, 0.3) is 99.4 Å². The summed E-state index contributed by atoms with van der Waals surface area (Å²) in [7, 11) is 0. The van der Waals surface area contributed by atoms with E-state index in [9.17, 15) is 0 Å². The fourth-order valence-corrected chi connectivity index (χ4v) is 7.35. The van der Waals surface area contributed by atoms with Crippen LogP contribution in [0.5, 0.6) is 0 Å². The van der Waals surface area contributed by atoms with E-state index in [0.717, 1.165) is 99.4 Å². The van der Waals surface area contributed by atoms with Crippen LogP contribution in [-0.4, -0.2) is 19.9 Å². The van der Waals surface area contributed by atoms with Crippen molar-refractivity contribution in [2.75, 3.05) is 0 Å². The SMILES string of the molecule is Cc1ccc(-c2ccc3ccc4ccc(-c5ccc(-c6ccc7ccc8ccc(-c9ccc(C)cc9)nc8c7n6)c6ccccc56)nc4c3n2)cc1. The Balaban J connectivity index is 1.11. The predicted octanol–water partition coefficient (Wildman–Crippen LogP) is 12.3. The van der Waals surface area contributed by atoms with E-state index in [2.05, 4.69) is 172 Å². The molecule has 0 amide bonds. The molecule has 0 spiro atoms. The fraction of sp³-hybridized carbons (Fsp3) is 0.0417. The van der Waals surface area contributed by atoms with Crippen LogP contribution in [0.4, 0.5) is 0 Å². The number of hydrogen-bond acceptors (Lipinski definition) is 4. The summed E-state index contributed by atoms with van der Waals surface area (Å²) < 4.78 is 0. The molecule has 0 bridgehead atoms. The number of pyridine rings is 4. The molecule has 0 saturated carbocycles. The quantitative estimate of drug-likeness (QED) is 0.176. The normalized spacial score (nSPS) is 11.7. The average Bonchev–Trinajstić information content (AvgIpc) is 3.20. The summed E-state index contributed by atoms with van der Waals surface area (Å²) in [5.74, 6) is 0. The van der Waals surface area contributed by atoms with Crippen molar-refractivity contribution in [3.05, 3.63) is 169 Å². The lowest BCUT2D eigenvalue weighted by atomic mass is 9.95. The maximum atomic E-state index is 5.30. The molecule has 6 aromatic carbocycles. The Morgan fingerprint density at radius 2 is 0.596 bits per heavy atom. The van der Waals surface area contributed by atoms with Gasteiger partial charge in [0.2, 0.25) is 0 Å². The molecule has 52 heavy (non-hydrogen) atoms. The largest absolute Gasteiger partial charge is 0.245 e. The molecule has 0 aliphatic carbocycles. The van der Waals surface area contributed by atoms with Crippen LogP contribution in [0.2, 0.25) is 0 Å². The second-order valence-electron chi connectivity index (χ2n) is 13.6. The van der Waals surface area contributed by atoms with E-state index in [1.165, 1.54) is 11.1 Å². The molecule has 0 fully saturated rings. The van der Waals surface area contributed by atoms with Crippen molar-refractivity contribution < 1.29 is 0 Å². The molecule has 0 aliphatic rings. The Kier molecular flexibility index (Phi) is 6.90. The van der Waals surface area contributed by atoms with Crippen LogP contribution in [0.1, 0.15) is 11.1 Å². The molecule has 10 aromatic rings. The highest BCUT2D eigenvalue weighted by molar-refractivity contribution is 6.09. The van der Waals surface area contributed by atoms with Gasteiger partial charge in [-0.3, -0.25) is 0 Å². The van der Waals surface area contributed by atoms with Gasteiger partial charge >= 0.3 is 0 Å². The van der Waals surface area contributed by atoms with Crippen molar-refractivity contribution in [3.63, 3.8) is 0 Å². The van der Waals surface area contributed by atoms with E-state index in [1.54, 1.807) is 0 Å². The molecule has 4 heteroatoms. The Labute approximate surface area is 301 Å². The van der Waals surface area contributed by atoms with E-state index < -0.39 is 0 Å². The van der Waals surface area contributed by atoms with E-state index in [0.29, 0.717) is 0 Å². The number of fused-ring (bicyclic) bond motifs is 7. The van der Waals surface area contributed by atoms with Crippen molar-refractivity contribution in [2.24, 2.45) is 0 Å². The first kappa shape index (κ1) is 30.1. The van der Waals surface area contributed by atoms with Crippen molar-refractivity contribution in [2.45, 2.75) is 13.8 Å². The first-order valence-corrected chi connectivity index (χ1v) is 17.6. The minimum absolute atomic E-state index is 0.901. The summed E-state index contributed by atoms with van der Waals surface area (Å²) in [6, 6.07) is 55.6. The van der Waals surface area contributed by atoms with E-state index in [1.807, 2.05) is 0 Å². The van der Waals surface area contributed by atoms with Gasteiger partial charge in [-0.15, -0.1) is 0 Å². The van der Waals surface area contributed by atoms with Gasteiger partial charge in [0.25, 0.3) is 0 Å². The van der Waals surface area contributed by atoms with E-state index in [-0.39, 0.29) is 0 Å². The topological polar surface area (TPSA) is 51.6 Å². The summed E-state index contributed by atoms with van der Waals surface area (Å²) in [6.45, 7) is 4.21. The summed E-state index contributed by atoms with van der Waals surface area (Å²) >= 11 is 0. The Bertz CT molecular complexity index is 2810. The van der Waals surface area contributed by atoms with Gasteiger partial charge in [0.05, 0.1) is 44.8 Å². The van der Waals surface area contributed by atoms with Gasteiger partial charge in [0.15, 0.2) is 0 Å². The fourth-order valence-electron chi connectivity index (χ4n) is 7.35. The van der Waals surface area contributed by atoms with Gasteiger partial charge in [0.1, 0.15) is 0 Å². The molecular weight excluding hydrogens is 633 g/mol. The zero-order valence-corrected chi connectivity index (χ0v) is 28.8. The highest BCUT2D eigenvalue weighted by Crippen LogP contribution is 2.37. The molecule has 0 atom stereocenters. The first-order chi connectivity index (χ1) is 25.6. The second-order valence-corrected chi connectivity index (χ2v) is 13.6. The molecule has 4 heterocycles. The number of nitrogens with zero attached hydrogens (tertiary/aromatic N) is 4. The Morgan fingerprint density at radius 1 is 0.288 bits per heavy atom. The minimum atomic E-state index is 0.901. The van der Waals surface area contributed by atoms with Crippen molar-refractivity contribution >= 4 is 54.4 Å². The lowest BCUT2D eigenvalue weighted by Crippen LogP contribution is -1.93. The highest BCUT2D eigenvalue weighted by Gasteiger charge is 2.15. The molecule has 10 rings (SSSR count). The molecule has 244 valence electrons. The average molecular weight is 665 g/mol. The predicted molar refractivity (Wildman–Crippen MR) is 216 cm³/mol. The second kappa shape index (κ2) is 11.9. The van der Waals surface area contributed by atoms with Gasteiger partial charge in [-0.2, -0.15) is 0 Å². The third-order valence-corrected chi connectivity index (χ3v) is 10.2. The van der Waals surface area contributed by atoms with Gasteiger partial charge in [0, 0.05) is 43.8 Å². The molecule has 0 radical (unpaired) electrons. The van der Waals surface area contributed by atoms with Crippen molar-refractivity contribution in [3.8, 4) is 45.0 Å². The number of rotatable bonds is 4.